The molecule has 0 radical (unpaired) electrons. The van der Waals surface area contributed by atoms with E-state index in [0.29, 0.717) is 5.39 Å². The Hall–Kier alpha value is -1.52. The average molecular weight is 274 g/mol. The molecule has 0 amide bonds. The van der Waals surface area contributed by atoms with Crippen LogP contribution in [0.25, 0.3) is 10.9 Å². The summed E-state index contributed by atoms with van der Waals surface area (Å²) < 4.78 is 13.6. The SMILES string of the molecule is CN1CCc2nc3ccc(F)cc3c(C(C)(C)O)c2C1. The van der Waals surface area contributed by atoms with Gasteiger partial charge in [-0.25, -0.2) is 4.39 Å². The number of aromatic nitrogens is 1. The third-order valence-corrected chi connectivity index (χ3v) is 3.90. The summed E-state index contributed by atoms with van der Waals surface area (Å²) in [5.74, 6) is -0.297. The second-order valence-corrected chi connectivity index (χ2v) is 6.12. The van der Waals surface area contributed by atoms with Crippen molar-refractivity contribution in [1.82, 2.24) is 9.88 Å². The Kier molecular flexibility index (Phi) is 3.03. The lowest BCUT2D eigenvalue weighted by Crippen LogP contribution is -2.31. The number of pyridine rings is 1. The van der Waals surface area contributed by atoms with Crippen LogP contribution in [-0.4, -0.2) is 28.6 Å². The van der Waals surface area contributed by atoms with Gasteiger partial charge in [0.2, 0.25) is 0 Å². The molecule has 1 N–H and O–H groups in total. The van der Waals surface area contributed by atoms with Gasteiger partial charge in [-0.1, -0.05) is 0 Å². The van der Waals surface area contributed by atoms with Crippen LogP contribution in [0.4, 0.5) is 4.39 Å². The smallest absolute Gasteiger partial charge is 0.123 e. The van der Waals surface area contributed by atoms with Crippen LogP contribution in [0.5, 0.6) is 0 Å². The lowest BCUT2D eigenvalue weighted by Gasteiger charge is -2.31. The second-order valence-electron chi connectivity index (χ2n) is 6.12. The zero-order valence-corrected chi connectivity index (χ0v) is 12.1. The first kappa shape index (κ1) is 13.5. The van der Waals surface area contributed by atoms with Gasteiger partial charge in [-0.3, -0.25) is 4.98 Å². The molecule has 0 aliphatic carbocycles. The number of likely N-dealkylation sites (N-methyl/N-ethyl adjacent to an activating group) is 1. The van der Waals surface area contributed by atoms with E-state index >= 15 is 0 Å². The van der Waals surface area contributed by atoms with Crippen molar-refractivity contribution in [3.05, 3.63) is 40.8 Å². The van der Waals surface area contributed by atoms with Crippen LogP contribution in [0.15, 0.2) is 18.2 Å². The fraction of sp³-hybridized carbons (Fsp3) is 0.438. The van der Waals surface area contributed by atoms with E-state index in [-0.39, 0.29) is 5.82 Å². The van der Waals surface area contributed by atoms with E-state index in [1.54, 1.807) is 19.9 Å². The summed E-state index contributed by atoms with van der Waals surface area (Å²) in [6.45, 7) is 5.20. The van der Waals surface area contributed by atoms with Crippen LogP contribution in [0, 0.1) is 5.82 Å². The Morgan fingerprint density at radius 2 is 2.10 bits per heavy atom. The van der Waals surface area contributed by atoms with Crippen LogP contribution < -0.4 is 0 Å². The van der Waals surface area contributed by atoms with E-state index in [9.17, 15) is 9.50 Å². The van der Waals surface area contributed by atoms with Crippen LogP contribution >= 0.6 is 0 Å². The molecule has 0 unspecified atom stereocenters. The summed E-state index contributed by atoms with van der Waals surface area (Å²) in [7, 11) is 2.05. The highest BCUT2D eigenvalue weighted by atomic mass is 19.1. The third-order valence-electron chi connectivity index (χ3n) is 3.90. The first-order valence-corrected chi connectivity index (χ1v) is 6.88. The molecular formula is C16H19FN2O. The molecule has 0 saturated heterocycles. The summed E-state index contributed by atoms with van der Waals surface area (Å²) in [5.41, 5.74) is 2.62. The third kappa shape index (κ3) is 2.19. The van der Waals surface area contributed by atoms with Crippen molar-refractivity contribution >= 4 is 10.9 Å². The molecule has 2 aromatic rings. The molecule has 106 valence electrons. The highest BCUT2D eigenvalue weighted by molar-refractivity contribution is 5.84. The van der Waals surface area contributed by atoms with Crippen LogP contribution in [-0.2, 0) is 18.6 Å². The summed E-state index contributed by atoms with van der Waals surface area (Å²) in [6, 6.07) is 4.59. The molecule has 2 heterocycles. The van der Waals surface area contributed by atoms with E-state index < -0.39 is 5.60 Å². The van der Waals surface area contributed by atoms with Gasteiger partial charge in [0.25, 0.3) is 0 Å². The molecule has 3 nitrogen and oxygen atoms in total. The standard InChI is InChI=1S/C16H19FN2O/c1-16(2,20)15-11-8-10(17)4-5-13(11)18-14-6-7-19(3)9-12(14)15/h4-5,8,20H,6-7,9H2,1-3H3. The molecule has 1 aromatic carbocycles. The Bertz CT molecular complexity index is 676. The van der Waals surface area contributed by atoms with Crippen LogP contribution in [0.1, 0.15) is 30.7 Å². The van der Waals surface area contributed by atoms with Gasteiger partial charge in [0.15, 0.2) is 0 Å². The number of benzene rings is 1. The minimum Gasteiger partial charge on any atom is -0.386 e. The zero-order chi connectivity index (χ0) is 14.5. The number of hydrogen-bond donors (Lipinski definition) is 1. The summed E-state index contributed by atoms with van der Waals surface area (Å²) in [5, 5.41) is 11.3. The van der Waals surface area contributed by atoms with Crippen LogP contribution in [0.3, 0.4) is 0 Å². The molecule has 1 aliphatic rings. The van der Waals surface area contributed by atoms with Gasteiger partial charge in [0.05, 0.1) is 11.1 Å². The fourth-order valence-corrected chi connectivity index (χ4v) is 3.05. The quantitative estimate of drug-likeness (QED) is 0.868. The lowest BCUT2D eigenvalue weighted by molar-refractivity contribution is 0.0778. The predicted octanol–water partition coefficient (Wildman–Crippen LogP) is 2.59. The van der Waals surface area contributed by atoms with Crippen molar-refractivity contribution in [2.24, 2.45) is 0 Å². The highest BCUT2D eigenvalue weighted by Gasteiger charge is 2.28. The van der Waals surface area contributed by atoms with E-state index in [1.807, 2.05) is 7.05 Å². The number of aliphatic hydroxyl groups is 1. The molecule has 0 spiro atoms. The molecule has 0 atom stereocenters. The van der Waals surface area contributed by atoms with Crippen molar-refractivity contribution in [2.45, 2.75) is 32.4 Å². The van der Waals surface area contributed by atoms with Gasteiger partial charge in [-0.05, 0) is 50.2 Å². The van der Waals surface area contributed by atoms with Gasteiger partial charge in [0, 0.05) is 30.6 Å². The molecule has 4 heteroatoms. The Labute approximate surface area is 118 Å². The summed E-state index contributed by atoms with van der Waals surface area (Å²) in [6.07, 6.45) is 0.863. The minimum atomic E-state index is -1.02. The Morgan fingerprint density at radius 3 is 2.80 bits per heavy atom. The number of nitrogens with zero attached hydrogens (tertiary/aromatic N) is 2. The maximum absolute atomic E-state index is 13.6. The molecule has 20 heavy (non-hydrogen) atoms. The van der Waals surface area contributed by atoms with Crippen LogP contribution in [0.2, 0.25) is 0 Å². The van der Waals surface area contributed by atoms with Gasteiger partial charge in [-0.2, -0.15) is 0 Å². The first-order chi connectivity index (χ1) is 9.36. The number of fused-ring (bicyclic) bond motifs is 2. The minimum absolute atomic E-state index is 0.297. The van der Waals surface area contributed by atoms with Gasteiger partial charge in [-0.15, -0.1) is 0 Å². The number of rotatable bonds is 1. The zero-order valence-electron chi connectivity index (χ0n) is 12.1. The predicted molar refractivity (Wildman–Crippen MR) is 77.0 cm³/mol. The van der Waals surface area contributed by atoms with Crippen molar-refractivity contribution in [3.63, 3.8) is 0 Å². The number of hydrogen-bond acceptors (Lipinski definition) is 3. The molecule has 0 bridgehead atoms. The van der Waals surface area contributed by atoms with E-state index in [1.165, 1.54) is 12.1 Å². The van der Waals surface area contributed by atoms with Gasteiger partial charge < -0.3 is 10.0 Å². The largest absolute Gasteiger partial charge is 0.386 e. The maximum atomic E-state index is 13.6. The van der Waals surface area contributed by atoms with E-state index in [4.69, 9.17) is 0 Å². The van der Waals surface area contributed by atoms with Crippen molar-refractivity contribution in [2.75, 3.05) is 13.6 Å². The average Bonchev–Trinajstić information content (AvgIpc) is 2.34. The Morgan fingerprint density at radius 1 is 1.35 bits per heavy atom. The monoisotopic (exact) mass is 274 g/mol. The molecule has 3 rings (SSSR count). The van der Waals surface area contributed by atoms with Gasteiger partial charge in [0.1, 0.15) is 5.82 Å². The normalized spacial score (nSPS) is 16.4. The molecule has 0 saturated carbocycles. The molecular weight excluding hydrogens is 255 g/mol. The van der Waals surface area contributed by atoms with E-state index in [0.717, 1.165) is 41.8 Å². The lowest BCUT2D eigenvalue weighted by atomic mass is 9.86. The Balaban J connectivity index is 2.38. The van der Waals surface area contributed by atoms with Crippen molar-refractivity contribution < 1.29 is 9.50 Å². The first-order valence-electron chi connectivity index (χ1n) is 6.88. The molecule has 1 aromatic heterocycles. The van der Waals surface area contributed by atoms with Crippen molar-refractivity contribution in [3.8, 4) is 0 Å². The highest BCUT2D eigenvalue weighted by Crippen LogP contribution is 2.35. The second kappa shape index (κ2) is 4.50. The number of halogens is 1. The molecule has 0 fully saturated rings. The molecule has 1 aliphatic heterocycles. The maximum Gasteiger partial charge on any atom is 0.123 e. The summed E-state index contributed by atoms with van der Waals surface area (Å²) >= 11 is 0. The topological polar surface area (TPSA) is 36.4 Å². The van der Waals surface area contributed by atoms with E-state index in [2.05, 4.69) is 9.88 Å². The summed E-state index contributed by atoms with van der Waals surface area (Å²) in [4.78, 5) is 6.86. The van der Waals surface area contributed by atoms with Crippen molar-refractivity contribution in [1.29, 1.82) is 0 Å². The van der Waals surface area contributed by atoms with Gasteiger partial charge >= 0.3 is 0 Å². The fourth-order valence-electron chi connectivity index (χ4n) is 3.05.